The molecule has 1 aromatic heterocycles. The van der Waals surface area contributed by atoms with Crippen LogP contribution in [0.2, 0.25) is 0 Å². The highest BCUT2D eigenvalue weighted by molar-refractivity contribution is 7.99. The third-order valence-corrected chi connectivity index (χ3v) is 6.25. The molecule has 2 fully saturated rings. The first-order valence-electron chi connectivity index (χ1n) is 9.40. The summed E-state index contributed by atoms with van der Waals surface area (Å²) in [7, 11) is 1.61. The van der Waals surface area contributed by atoms with E-state index in [2.05, 4.69) is 11.1 Å². The molecule has 0 amide bonds. The van der Waals surface area contributed by atoms with Crippen molar-refractivity contribution in [2.45, 2.75) is 47.9 Å². The van der Waals surface area contributed by atoms with Crippen LogP contribution in [-0.4, -0.2) is 48.5 Å². The van der Waals surface area contributed by atoms with Gasteiger partial charge < -0.3 is 24.7 Å². The van der Waals surface area contributed by atoms with Crippen molar-refractivity contribution < 1.29 is 18.9 Å². The maximum Gasteiger partial charge on any atom is 0.184 e. The van der Waals surface area contributed by atoms with Crippen molar-refractivity contribution in [1.29, 1.82) is 5.26 Å². The Hall–Kier alpha value is -1.99. The average molecular weight is 413 g/mol. The smallest absolute Gasteiger partial charge is 0.184 e. The highest BCUT2D eigenvalue weighted by atomic mass is 32.2. The van der Waals surface area contributed by atoms with Crippen LogP contribution in [0.5, 0.6) is 0 Å². The number of ether oxygens (including phenoxy) is 4. The number of pyridine rings is 1. The number of hydrogen-bond donors (Lipinski definition) is 1. The minimum absolute atomic E-state index is 0.322. The molecule has 2 saturated heterocycles. The van der Waals surface area contributed by atoms with E-state index in [1.54, 1.807) is 13.3 Å². The van der Waals surface area contributed by atoms with Gasteiger partial charge in [-0.3, -0.25) is 0 Å². The minimum atomic E-state index is -0.486. The standard InChI is InChI=1S/C21H23N3O4S/c1-12-8-16(14(9-22)24-10-12)29-21-19(25-2)17(23)18-15(27-21)11-26-20(28-18)13-6-4-3-5-7-13/h3-8,10,15,17-21H,11,23H2,1-2H3. The molecule has 1 aromatic carbocycles. The van der Waals surface area contributed by atoms with Gasteiger partial charge in [0.2, 0.25) is 0 Å². The molecule has 2 aromatic rings. The molecule has 2 aliphatic rings. The first-order valence-corrected chi connectivity index (χ1v) is 10.3. The fourth-order valence-corrected chi connectivity index (χ4v) is 4.95. The highest BCUT2D eigenvalue weighted by Crippen LogP contribution is 2.39. The second-order valence-electron chi connectivity index (χ2n) is 7.09. The van der Waals surface area contributed by atoms with Crippen LogP contribution in [0.25, 0.3) is 0 Å². The van der Waals surface area contributed by atoms with Gasteiger partial charge in [0.25, 0.3) is 0 Å². The van der Waals surface area contributed by atoms with Gasteiger partial charge in [0, 0.05) is 23.8 Å². The molecule has 0 spiro atoms. The molecule has 7 nitrogen and oxygen atoms in total. The van der Waals surface area contributed by atoms with Crippen LogP contribution in [0.4, 0.5) is 0 Å². The maximum absolute atomic E-state index is 9.38. The molecule has 0 bridgehead atoms. The topological polar surface area (TPSA) is 99.6 Å². The molecule has 6 atom stereocenters. The Morgan fingerprint density at radius 2 is 2.07 bits per heavy atom. The number of methoxy groups -OCH3 is 1. The van der Waals surface area contributed by atoms with E-state index in [0.29, 0.717) is 12.3 Å². The molecular weight excluding hydrogens is 390 g/mol. The number of aromatic nitrogens is 1. The van der Waals surface area contributed by atoms with Gasteiger partial charge >= 0.3 is 0 Å². The molecule has 8 heteroatoms. The second kappa shape index (κ2) is 8.79. The lowest BCUT2D eigenvalue weighted by molar-refractivity contribution is -0.298. The summed E-state index contributed by atoms with van der Waals surface area (Å²) in [6.45, 7) is 2.30. The normalized spacial score (nSPS) is 31.7. The van der Waals surface area contributed by atoms with E-state index in [0.717, 1.165) is 16.0 Å². The van der Waals surface area contributed by atoms with E-state index in [-0.39, 0.29) is 12.2 Å². The lowest BCUT2D eigenvalue weighted by Crippen LogP contribution is -2.64. The van der Waals surface area contributed by atoms with Crippen molar-refractivity contribution >= 4 is 11.8 Å². The summed E-state index contributed by atoms with van der Waals surface area (Å²) in [5, 5.41) is 9.38. The molecule has 152 valence electrons. The summed E-state index contributed by atoms with van der Waals surface area (Å²) in [4.78, 5) is 4.94. The van der Waals surface area contributed by atoms with Crippen molar-refractivity contribution in [3.63, 3.8) is 0 Å². The maximum atomic E-state index is 9.38. The van der Waals surface area contributed by atoms with Crippen LogP contribution in [0.15, 0.2) is 47.5 Å². The van der Waals surface area contributed by atoms with Gasteiger partial charge in [0.1, 0.15) is 29.8 Å². The largest absolute Gasteiger partial charge is 0.376 e. The average Bonchev–Trinajstić information content (AvgIpc) is 2.75. The molecule has 6 unspecified atom stereocenters. The lowest BCUT2D eigenvalue weighted by atomic mass is 9.97. The number of nitrogens with two attached hydrogens (primary N) is 1. The van der Waals surface area contributed by atoms with E-state index in [9.17, 15) is 5.26 Å². The predicted molar refractivity (Wildman–Crippen MR) is 107 cm³/mol. The Balaban J connectivity index is 1.53. The molecule has 3 heterocycles. The van der Waals surface area contributed by atoms with Gasteiger partial charge in [-0.05, 0) is 18.6 Å². The third-order valence-electron chi connectivity index (χ3n) is 5.08. The van der Waals surface area contributed by atoms with Gasteiger partial charge in [-0.25, -0.2) is 4.98 Å². The number of benzene rings is 1. The van der Waals surface area contributed by atoms with E-state index in [4.69, 9.17) is 24.7 Å². The summed E-state index contributed by atoms with van der Waals surface area (Å²) >= 11 is 1.40. The van der Waals surface area contributed by atoms with Crippen molar-refractivity contribution in [3.8, 4) is 6.07 Å². The Kier molecular flexibility index (Phi) is 6.15. The third kappa shape index (κ3) is 4.16. The number of nitriles is 1. The molecule has 4 rings (SSSR count). The zero-order valence-electron chi connectivity index (χ0n) is 16.2. The minimum Gasteiger partial charge on any atom is -0.376 e. The first kappa shape index (κ1) is 20.3. The first-order chi connectivity index (χ1) is 14.1. The Morgan fingerprint density at radius 1 is 1.28 bits per heavy atom. The van der Waals surface area contributed by atoms with Gasteiger partial charge in [0.15, 0.2) is 12.0 Å². The summed E-state index contributed by atoms with van der Waals surface area (Å²) in [6, 6.07) is 13.4. The number of nitrogens with zero attached hydrogens (tertiary/aromatic N) is 2. The van der Waals surface area contributed by atoms with Crippen LogP contribution in [0.1, 0.15) is 23.1 Å². The van der Waals surface area contributed by atoms with E-state index < -0.39 is 23.9 Å². The molecule has 0 aliphatic carbocycles. The number of hydrogen-bond acceptors (Lipinski definition) is 8. The second-order valence-corrected chi connectivity index (χ2v) is 8.23. The van der Waals surface area contributed by atoms with E-state index in [1.807, 2.05) is 43.3 Å². The highest BCUT2D eigenvalue weighted by Gasteiger charge is 2.49. The molecule has 0 radical (unpaired) electrons. The monoisotopic (exact) mass is 413 g/mol. The van der Waals surface area contributed by atoms with Crippen molar-refractivity contribution in [1.82, 2.24) is 4.98 Å². The Bertz CT molecular complexity index is 891. The quantitative estimate of drug-likeness (QED) is 0.816. The summed E-state index contributed by atoms with van der Waals surface area (Å²) in [5.74, 6) is 0. The van der Waals surface area contributed by atoms with Crippen LogP contribution >= 0.6 is 11.8 Å². The van der Waals surface area contributed by atoms with Crippen LogP contribution < -0.4 is 5.73 Å². The van der Waals surface area contributed by atoms with Crippen molar-refractivity contribution in [2.24, 2.45) is 5.73 Å². The molecule has 29 heavy (non-hydrogen) atoms. The van der Waals surface area contributed by atoms with Gasteiger partial charge in [-0.2, -0.15) is 5.26 Å². The van der Waals surface area contributed by atoms with Crippen LogP contribution in [-0.2, 0) is 18.9 Å². The Morgan fingerprint density at radius 3 is 2.79 bits per heavy atom. The fourth-order valence-electron chi connectivity index (χ4n) is 3.61. The van der Waals surface area contributed by atoms with Crippen molar-refractivity contribution in [2.75, 3.05) is 13.7 Å². The van der Waals surface area contributed by atoms with Crippen molar-refractivity contribution in [3.05, 3.63) is 59.4 Å². The predicted octanol–water partition coefficient (Wildman–Crippen LogP) is 2.54. The SMILES string of the molecule is COC1C(Sc2cc(C)cnc2C#N)OC2COC(c3ccccc3)OC2C1N. The molecule has 0 saturated carbocycles. The Labute approximate surface area is 174 Å². The van der Waals surface area contributed by atoms with Gasteiger partial charge in [-0.15, -0.1) is 0 Å². The van der Waals surface area contributed by atoms with Gasteiger partial charge in [-0.1, -0.05) is 42.1 Å². The zero-order valence-corrected chi connectivity index (χ0v) is 17.0. The van der Waals surface area contributed by atoms with E-state index in [1.165, 1.54) is 11.8 Å². The van der Waals surface area contributed by atoms with Gasteiger partial charge in [0.05, 0.1) is 12.6 Å². The van der Waals surface area contributed by atoms with E-state index >= 15 is 0 Å². The molecular formula is C21H23N3O4S. The number of rotatable bonds is 4. The van der Waals surface area contributed by atoms with Crippen LogP contribution in [0, 0.1) is 18.3 Å². The summed E-state index contributed by atoms with van der Waals surface area (Å²) < 4.78 is 24.0. The number of thioether (sulfide) groups is 1. The lowest BCUT2D eigenvalue weighted by Gasteiger charge is -2.48. The molecule has 2 aliphatic heterocycles. The zero-order chi connectivity index (χ0) is 20.4. The summed E-state index contributed by atoms with van der Waals surface area (Å²) in [5.41, 5.74) is 8.40. The molecule has 2 N–H and O–H groups in total. The number of fused-ring (bicyclic) bond motifs is 1. The number of aryl methyl sites for hydroxylation is 1. The fraction of sp³-hybridized carbons (Fsp3) is 0.429. The summed E-state index contributed by atoms with van der Waals surface area (Å²) in [6.07, 6.45) is 0.0914. The van der Waals surface area contributed by atoms with Crippen LogP contribution in [0.3, 0.4) is 0 Å².